The number of nitrogens with zero attached hydrogens (tertiary/aromatic N) is 2. The van der Waals surface area contributed by atoms with Crippen molar-refractivity contribution in [1.29, 1.82) is 0 Å². The van der Waals surface area contributed by atoms with E-state index in [-0.39, 0.29) is 10.8 Å². The Hall–Kier alpha value is -1.81. The van der Waals surface area contributed by atoms with Crippen LogP contribution in [0.4, 0.5) is 5.13 Å². The summed E-state index contributed by atoms with van der Waals surface area (Å²) in [6.45, 7) is 1.11. The summed E-state index contributed by atoms with van der Waals surface area (Å²) in [5.74, 6) is -0.318. The predicted molar refractivity (Wildman–Crippen MR) is 119 cm³/mol. The molecule has 0 aliphatic carbocycles. The van der Waals surface area contributed by atoms with Crippen molar-refractivity contribution in [2.45, 2.75) is 30.6 Å². The molecule has 0 spiro atoms. The van der Waals surface area contributed by atoms with E-state index < -0.39 is 10.0 Å². The number of sulfonamides is 1. The maximum Gasteiger partial charge on any atom is 0.257 e. The number of aromatic nitrogens is 1. The molecule has 2 aromatic carbocycles. The predicted octanol–water partition coefficient (Wildman–Crippen LogP) is 4.88. The molecule has 1 saturated heterocycles. The highest BCUT2D eigenvalue weighted by molar-refractivity contribution is 9.10. The average Bonchev–Trinajstić information content (AvgIpc) is 2.91. The summed E-state index contributed by atoms with van der Waals surface area (Å²) in [5.41, 5.74) is 1.20. The molecule has 0 bridgehead atoms. The second-order valence-corrected chi connectivity index (χ2v) is 10.8. The number of hydrogen-bond donors (Lipinski definition) is 1. The molecule has 0 atom stereocenters. The summed E-state index contributed by atoms with van der Waals surface area (Å²) in [6, 6.07) is 11.8. The number of benzene rings is 2. The molecule has 1 aromatic heterocycles. The molecule has 1 amide bonds. The first-order valence-corrected chi connectivity index (χ1v) is 12.5. The second kappa shape index (κ2) is 8.51. The first kappa shape index (κ1) is 20.5. The topological polar surface area (TPSA) is 79.4 Å². The van der Waals surface area contributed by atoms with E-state index in [1.165, 1.54) is 23.5 Å². The molecular weight excluding hydrogens is 474 g/mol. The summed E-state index contributed by atoms with van der Waals surface area (Å²) in [4.78, 5) is 17.2. The third-order valence-electron chi connectivity index (χ3n) is 4.89. The maximum absolute atomic E-state index is 12.9. The summed E-state index contributed by atoms with van der Waals surface area (Å²) in [6.07, 6.45) is 3.90. The average molecular weight is 494 g/mol. The fourth-order valence-electron chi connectivity index (χ4n) is 3.33. The van der Waals surface area contributed by atoms with Gasteiger partial charge in [-0.15, -0.1) is 0 Å². The van der Waals surface area contributed by atoms with Gasteiger partial charge in [0.15, 0.2) is 5.13 Å². The number of amides is 1. The van der Waals surface area contributed by atoms with E-state index in [1.807, 2.05) is 18.2 Å². The molecule has 1 aliphatic rings. The molecular formula is C20H20BrN3O3S2. The molecule has 152 valence electrons. The van der Waals surface area contributed by atoms with Gasteiger partial charge in [-0.3, -0.25) is 10.1 Å². The SMILES string of the molecule is O=C(Nc1nc2ccc(Br)cc2s1)c1ccc(S(=O)(=O)N2CCCCCC2)cc1. The second-order valence-electron chi connectivity index (χ2n) is 6.93. The van der Waals surface area contributed by atoms with Gasteiger partial charge in [-0.1, -0.05) is 40.1 Å². The van der Waals surface area contributed by atoms with E-state index in [4.69, 9.17) is 0 Å². The van der Waals surface area contributed by atoms with Crippen LogP contribution < -0.4 is 5.32 Å². The molecule has 9 heteroatoms. The van der Waals surface area contributed by atoms with Crippen LogP contribution >= 0.6 is 27.3 Å². The molecule has 0 unspecified atom stereocenters. The summed E-state index contributed by atoms with van der Waals surface area (Å²) in [5, 5.41) is 3.29. The van der Waals surface area contributed by atoms with Gasteiger partial charge in [-0.2, -0.15) is 4.31 Å². The normalized spacial score (nSPS) is 15.9. The highest BCUT2D eigenvalue weighted by atomic mass is 79.9. The molecule has 1 N–H and O–H groups in total. The Balaban J connectivity index is 1.49. The van der Waals surface area contributed by atoms with Crippen molar-refractivity contribution in [3.05, 3.63) is 52.5 Å². The van der Waals surface area contributed by atoms with E-state index in [0.717, 1.165) is 40.4 Å². The van der Waals surface area contributed by atoms with E-state index >= 15 is 0 Å². The number of halogens is 1. The van der Waals surface area contributed by atoms with E-state index in [9.17, 15) is 13.2 Å². The number of hydrogen-bond acceptors (Lipinski definition) is 5. The van der Waals surface area contributed by atoms with Crippen LogP contribution in [0.15, 0.2) is 51.8 Å². The Morgan fingerprint density at radius 3 is 2.41 bits per heavy atom. The summed E-state index contributed by atoms with van der Waals surface area (Å²) in [7, 11) is -3.52. The zero-order valence-corrected chi connectivity index (χ0v) is 18.8. The van der Waals surface area contributed by atoms with E-state index in [0.29, 0.717) is 23.8 Å². The van der Waals surface area contributed by atoms with Crippen molar-refractivity contribution in [3.63, 3.8) is 0 Å². The lowest BCUT2D eigenvalue weighted by Gasteiger charge is -2.20. The zero-order valence-electron chi connectivity index (χ0n) is 15.6. The molecule has 1 fully saturated rings. The lowest BCUT2D eigenvalue weighted by atomic mass is 10.2. The van der Waals surface area contributed by atoms with Crippen molar-refractivity contribution in [2.24, 2.45) is 0 Å². The van der Waals surface area contributed by atoms with Crippen molar-refractivity contribution >= 4 is 58.5 Å². The van der Waals surface area contributed by atoms with Gasteiger partial charge in [0.1, 0.15) is 0 Å². The van der Waals surface area contributed by atoms with Crippen LogP contribution in [0.25, 0.3) is 10.2 Å². The Labute approximate surface area is 182 Å². The largest absolute Gasteiger partial charge is 0.298 e. The fourth-order valence-corrected chi connectivity index (χ4v) is 6.26. The van der Waals surface area contributed by atoms with Crippen LogP contribution in [-0.2, 0) is 10.0 Å². The number of thiazole rings is 1. The third kappa shape index (κ3) is 4.53. The van der Waals surface area contributed by atoms with E-state index in [2.05, 4.69) is 26.2 Å². The van der Waals surface area contributed by atoms with Gasteiger partial charge in [0, 0.05) is 23.1 Å². The van der Waals surface area contributed by atoms with E-state index in [1.54, 1.807) is 16.4 Å². The van der Waals surface area contributed by atoms with Gasteiger partial charge in [-0.25, -0.2) is 13.4 Å². The molecule has 4 rings (SSSR count). The van der Waals surface area contributed by atoms with Gasteiger partial charge >= 0.3 is 0 Å². The Bertz CT molecular complexity index is 1140. The van der Waals surface area contributed by atoms with Gasteiger partial charge < -0.3 is 0 Å². The highest BCUT2D eigenvalue weighted by Crippen LogP contribution is 2.29. The number of fused-ring (bicyclic) bond motifs is 1. The lowest BCUT2D eigenvalue weighted by Crippen LogP contribution is -2.31. The number of anilines is 1. The first-order chi connectivity index (χ1) is 13.9. The van der Waals surface area contributed by atoms with Crippen LogP contribution in [0.1, 0.15) is 36.0 Å². The molecule has 2 heterocycles. The first-order valence-electron chi connectivity index (χ1n) is 9.41. The molecule has 0 saturated carbocycles. The smallest absolute Gasteiger partial charge is 0.257 e. The standard InChI is InChI=1S/C20H20BrN3O3S2/c21-15-7-10-17-18(13-15)28-20(22-17)23-19(25)14-5-8-16(9-6-14)29(26,27)24-11-3-1-2-4-12-24/h5-10,13H,1-4,11-12H2,(H,22,23,25). The van der Waals surface area contributed by atoms with Crippen molar-refractivity contribution in [2.75, 3.05) is 18.4 Å². The Morgan fingerprint density at radius 2 is 1.72 bits per heavy atom. The molecule has 3 aromatic rings. The molecule has 6 nitrogen and oxygen atoms in total. The monoisotopic (exact) mass is 493 g/mol. The molecule has 29 heavy (non-hydrogen) atoms. The van der Waals surface area contributed by atoms with Crippen LogP contribution in [0, 0.1) is 0 Å². The highest BCUT2D eigenvalue weighted by Gasteiger charge is 2.25. The van der Waals surface area contributed by atoms with Crippen LogP contribution in [0.5, 0.6) is 0 Å². The molecule has 1 aliphatic heterocycles. The summed E-state index contributed by atoms with van der Waals surface area (Å²) < 4.78 is 29.2. The van der Waals surface area contributed by atoms with Crippen LogP contribution in [0.2, 0.25) is 0 Å². The number of rotatable bonds is 4. The van der Waals surface area contributed by atoms with Gasteiger partial charge in [-0.05, 0) is 55.3 Å². The van der Waals surface area contributed by atoms with Crippen molar-refractivity contribution < 1.29 is 13.2 Å². The zero-order chi connectivity index (χ0) is 20.4. The Kier molecular flexibility index (Phi) is 6.00. The number of nitrogens with one attached hydrogen (secondary N) is 1. The fraction of sp³-hybridized carbons (Fsp3) is 0.300. The maximum atomic E-state index is 12.9. The third-order valence-corrected chi connectivity index (χ3v) is 8.23. The summed E-state index contributed by atoms with van der Waals surface area (Å²) >= 11 is 4.81. The minimum Gasteiger partial charge on any atom is -0.298 e. The molecule has 0 radical (unpaired) electrons. The van der Waals surface area contributed by atoms with Crippen molar-refractivity contribution in [1.82, 2.24) is 9.29 Å². The Morgan fingerprint density at radius 1 is 1.03 bits per heavy atom. The van der Waals surface area contributed by atoms with Crippen LogP contribution in [-0.4, -0.2) is 36.7 Å². The van der Waals surface area contributed by atoms with Crippen LogP contribution in [0.3, 0.4) is 0 Å². The van der Waals surface area contributed by atoms with Gasteiger partial charge in [0.2, 0.25) is 10.0 Å². The van der Waals surface area contributed by atoms with Gasteiger partial charge in [0.05, 0.1) is 15.1 Å². The lowest BCUT2D eigenvalue weighted by molar-refractivity contribution is 0.102. The minimum absolute atomic E-state index is 0.223. The van der Waals surface area contributed by atoms with Crippen molar-refractivity contribution in [3.8, 4) is 0 Å². The minimum atomic E-state index is -3.52. The number of carbonyl (C=O) groups excluding carboxylic acids is 1. The number of carbonyl (C=O) groups is 1. The quantitative estimate of drug-likeness (QED) is 0.561. The van der Waals surface area contributed by atoms with Gasteiger partial charge in [0.25, 0.3) is 5.91 Å².